The zero-order valence-corrected chi connectivity index (χ0v) is 13.4. The third kappa shape index (κ3) is 4.26. The minimum Gasteiger partial charge on any atom is -0.369 e. The van der Waals surface area contributed by atoms with Crippen molar-refractivity contribution in [2.75, 3.05) is 13.1 Å². The molecule has 0 heterocycles. The molecule has 0 saturated heterocycles. The highest BCUT2D eigenvalue weighted by atomic mass is 79.9. The molecule has 0 spiro atoms. The Bertz CT molecular complexity index is 592. The maximum absolute atomic E-state index is 13.5. The molecule has 0 saturated carbocycles. The third-order valence-electron chi connectivity index (χ3n) is 2.62. The van der Waals surface area contributed by atoms with Crippen molar-refractivity contribution >= 4 is 31.9 Å². The lowest BCUT2D eigenvalue weighted by Gasteiger charge is -2.20. The highest BCUT2D eigenvalue weighted by Gasteiger charge is 2.26. The van der Waals surface area contributed by atoms with Gasteiger partial charge in [-0.2, -0.15) is 4.31 Å². The highest BCUT2D eigenvalue weighted by molar-refractivity contribution is 9.10. The van der Waals surface area contributed by atoms with Gasteiger partial charge in [-0.3, -0.25) is 4.79 Å². The number of carbonyl (C=O) groups is 1. The number of amides is 1. The normalized spacial score (nSPS) is 11.8. The van der Waals surface area contributed by atoms with Gasteiger partial charge in [0.25, 0.3) is 0 Å². The van der Waals surface area contributed by atoms with Crippen molar-refractivity contribution in [2.24, 2.45) is 5.73 Å². The van der Waals surface area contributed by atoms with Gasteiger partial charge in [-0.25, -0.2) is 12.8 Å². The van der Waals surface area contributed by atoms with Gasteiger partial charge in [0.1, 0.15) is 5.82 Å². The predicted octanol–water partition coefficient (Wildman–Crippen LogP) is 1.86. The monoisotopic (exact) mass is 366 g/mol. The van der Waals surface area contributed by atoms with Crippen molar-refractivity contribution in [3.05, 3.63) is 28.5 Å². The van der Waals surface area contributed by atoms with Gasteiger partial charge < -0.3 is 5.73 Å². The molecule has 0 aromatic heterocycles. The Hall–Kier alpha value is -0.990. The molecule has 1 rings (SSSR count). The van der Waals surface area contributed by atoms with Crippen LogP contribution in [-0.2, 0) is 14.8 Å². The number of sulfonamides is 1. The van der Waals surface area contributed by atoms with E-state index >= 15 is 0 Å². The Balaban J connectivity index is 3.13. The molecule has 5 nitrogen and oxygen atoms in total. The summed E-state index contributed by atoms with van der Waals surface area (Å²) in [5.74, 6) is -1.43. The SMILES string of the molecule is CCCCN(CC(N)=O)S(=O)(=O)c1ccc(Br)c(F)c1. The second-order valence-electron chi connectivity index (χ2n) is 4.23. The lowest BCUT2D eigenvalue weighted by molar-refractivity contribution is -0.118. The minimum absolute atomic E-state index is 0.166. The third-order valence-corrected chi connectivity index (χ3v) is 5.11. The molecule has 0 bridgehead atoms. The molecular weight excluding hydrogens is 351 g/mol. The van der Waals surface area contributed by atoms with E-state index in [4.69, 9.17) is 5.73 Å². The van der Waals surface area contributed by atoms with E-state index in [-0.39, 0.29) is 15.9 Å². The molecule has 0 aliphatic heterocycles. The Morgan fingerprint density at radius 2 is 2.10 bits per heavy atom. The first kappa shape index (κ1) is 17.1. The molecule has 0 atom stereocenters. The van der Waals surface area contributed by atoms with Gasteiger partial charge in [0.15, 0.2) is 0 Å². The topological polar surface area (TPSA) is 80.5 Å². The fourth-order valence-electron chi connectivity index (χ4n) is 1.58. The second kappa shape index (κ2) is 7.14. The van der Waals surface area contributed by atoms with E-state index in [9.17, 15) is 17.6 Å². The van der Waals surface area contributed by atoms with Gasteiger partial charge in [-0.05, 0) is 40.5 Å². The van der Waals surface area contributed by atoms with Crippen LogP contribution in [0.5, 0.6) is 0 Å². The van der Waals surface area contributed by atoms with E-state index in [2.05, 4.69) is 15.9 Å². The Morgan fingerprint density at radius 1 is 1.45 bits per heavy atom. The van der Waals surface area contributed by atoms with Crippen molar-refractivity contribution in [3.8, 4) is 0 Å². The summed E-state index contributed by atoms with van der Waals surface area (Å²) in [5, 5.41) is 0. The molecule has 0 aliphatic carbocycles. The molecule has 8 heteroatoms. The van der Waals surface area contributed by atoms with Crippen LogP contribution < -0.4 is 5.73 Å². The van der Waals surface area contributed by atoms with Crippen LogP contribution in [0.15, 0.2) is 27.6 Å². The minimum atomic E-state index is -3.94. The summed E-state index contributed by atoms with van der Waals surface area (Å²) in [5.41, 5.74) is 5.07. The fraction of sp³-hybridized carbons (Fsp3) is 0.417. The molecule has 0 radical (unpaired) electrons. The maximum Gasteiger partial charge on any atom is 0.243 e. The number of hydrogen-bond donors (Lipinski definition) is 1. The zero-order valence-electron chi connectivity index (χ0n) is 11.0. The highest BCUT2D eigenvalue weighted by Crippen LogP contribution is 2.22. The number of halogens is 2. The van der Waals surface area contributed by atoms with E-state index in [1.54, 1.807) is 0 Å². The van der Waals surface area contributed by atoms with Gasteiger partial charge in [-0.1, -0.05) is 13.3 Å². The average Bonchev–Trinajstić information content (AvgIpc) is 2.37. The van der Waals surface area contributed by atoms with Crippen molar-refractivity contribution < 1.29 is 17.6 Å². The van der Waals surface area contributed by atoms with Crippen LogP contribution in [0.3, 0.4) is 0 Å². The standard InChI is InChI=1S/C12H16BrFN2O3S/c1-2-3-6-16(8-12(15)17)20(18,19)9-4-5-10(13)11(14)7-9/h4-5,7H,2-3,6,8H2,1H3,(H2,15,17). The number of nitrogens with zero attached hydrogens (tertiary/aromatic N) is 1. The molecule has 1 aromatic rings. The van der Waals surface area contributed by atoms with E-state index in [0.717, 1.165) is 16.8 Å². The summed E-state index contributed by atoms with van der Waals surface area (Å²) in [6, 6.07) is 3.51. The molecule has 112 valence electrons. The molecule has 0 unspecified atom stereocenters. The van der Waals surface area contributed by atoms with Crippen LogP contribution in [0.1, 0.15) is 19.8 Å². The van der Waals surface area contributed by atoms with Crippen LogP contribution in [0.4, 0.5) is 4.39 Å². The molecule has 2 N–H and O–H groups in total. The largest absolute Gasteiger partial charge is 0.369 e. The number of rotatable bonds is 7. The van der Waals surface area contributed by atoms with Gasteiger partial charge >= 0.3 is 0 Å². The Labute approximate surface area is 126 Å². The summed E-state index contributed by atoms with van der Waals surface area (Å²) < 4.78 is 39.4. The number of benzene rings is 1. The fourth-order valence-corrected chi connectivity index (χ4v) is 3.28. The van der Waals surface area contributed by atoms with E-state index in [0.29, 0.717) is 6.42 Å². The summed E-state index contributed by atoms with van der Waals surface area (Å²) in [6.45, 7) is 1.65. The number of unbranched alkanes of at least 4 members (excludes halogenated alkanes) is 1. The van der Waals surface area contributed by atoms with Gasteiger partial charge in [0.05, 0.1) is 15.9 Å². The summed E-state index contributed by atoms with van der Waals surface area (Å²) in [6.07, 6.45) is 1.35. The van der Waals surface area contributed by atoms with E-state index < -0.39 is 28.3 Å². The van der Waals surface area contributed by atoms with Crippen LogP contribution in [0.2, 0.25) is 0 Å². The van der Waals surface area contributed by atoms with Crippen molar-refractivity contribution in [1.29, 1.82) is 0 Å². The Kier molecular flexibility index (Phi) is 6.09. The van der Waals surface area contributed by atoms with Gasteiger partial charge in [0.2, 0.25) is 15.9 Å². The number of primary amides is 1. The summed E-state index contributed by atoms with van der Waals surface area (Å²) in [4.78, 5) is 10.8. The quantitative estimate of drug-likeness (QED) is 0.799. The first-order valence-corrected chi connectivity index (χ1v) is 8.26. The van der Waals surface area contributed by atoms with Crippen molar-refractivity contribution in [3.63, 3.8) is 0 Å². The maximum atomic E-state index is 13.5. The van der Waals surface area contributed by atoms with Crippen molar-refractivity contribution in [2.45, 2.75) is 24.7 Å². The Morgan fingerprint density at radius 3 is 2.60 bits per heavy atom. The predicted molar refractivity (Wildman–Crippen MR) is 77.0 cm³/mol. The number of hydrogen-bond acceptors (Lipinski definition) is 3. The first-order chi connectivity index (χ1) is 9.28. The molecule has 20 heavy (non-hydrogen) atoms. The number of nitrogens with two attached hydrogens (primary N) is 1. The number of carbonyl (C=O) groups excluding carboxylic acids is 1. The summed E-state index contributed by atoms with van der Waals surface area (Å²) >= 11 is 2.96. The smallest absolute Gasteiger partial charge is 0.243 e. The molecule has 1 amide bonds. The van der Waals surface area contributed by atoms with Crippen LogP contribution in [-0.4, -0.2) is 31.7 Å². The van der Waals surface area contributed by atoms with Crippen LogP contribution >= 0.6 is 15.9 Å². The molecule has 0 aliphatic rings. The van der Waals surface area contributed by atoms with Gasteiger partial charge in [0, 0.05) is 6.54 Å². The molecule has 0 fully saturated rings. The second-order valence-corrected chi connectivity index (χ2v) is 7.03. The molecule has 1 aromatic carbocycles. The molecular formula is C12H16BrFN2O3S. The van der Waals surface area contributed by atoms with Crippen LogP contribution in [0, 0.1) is 5.82 Å². The van der Waals surface area contributed by atoms with E-state index in [1.807, 2.05) is 6.92 Å². The van der Waals surface area contributed by atoms with E-state index in [1.165, 1.54) is 12.1 Å². The zero-order chi connectivity index (χ0) is 15.3. The first-order valence-electron chi connectivity index (χ1n) is 6.02. The van der Waals surface area contributed by atoms with Crippen molar-refractivity contribution in [1.82, 2.24) is 4.31 Å². The lowest BCUT2D eigenvalue weighted by atomic mass is 10.3. The summed E-state index contributed by atoms with van der Waals surface area (Å²) in [7, 11) is -3.94. The average molecular weight is 367 g/mol. The lowest BCUT2D eigenvalue weighted by Crippen LogP contribution is -2.39. The van der Waals surface area contributed by atoms with Gasteiger partial charge in [-0.15, -0.1) is 0 Å². The van der Waals surface area contributed by atoms with Crippen LogP contribution in [0.25, 0.3) is 0 Å².